The number of rotatable bonds is 8. The Labute approximate surface area is 162 Å². The van der Waals surface area contributed by atoms with Crippen LogP contribution in [0.5, 0.6) is 0 Å². The van der Waals surface area contributed by atoms with E-state index in [1.54, 1.807) is 0 Å². The number of guanidine groups is 1. The average molecular weight is 447 g/mol. The summed E-state index contributed by atoms with van der Waals surface area (Å²) in [6, 6.07) is 4.19. The largest absolute Gasteiger partial charge is 0.380 e. The summed E-state index contributed by atoms with van der Waals surface area (Å²) < 4.78 is 5.34. The molecule has 0 bridgehead atoms. The van der Waals surface area contributed by atoms with E-state index in [0.717, 1.165) is 44.6 Å². The maximum Gasteiger partial charge on any atom is 0.191 e. The molecule has 24 heavy (non-hydrogen) atoms. The molecule has 0 unspecified atom stereocenters. The zero-order valence-corrected chi connectivity index (χ0v) is 17.1. The summed E-state index contributed by atoms with van der Waals surface area (Å²) in [5.41, 5.74) is 1.18. The quantitative estimate of drug-likeness (QED) is 0.278. The molecular formula is C17H30IN5O. The molecule has 6 nitrogen and oxygen atoms in total. The summed E-state index contributed by atoms with van der Waals surface area (Å²) in [5.74, 6) is 1.90. The van der Waals surface area contributed by atoms with Gasteiger partial charge in [0.2, 0.25) is 0 Å². The van der Waals surface area contributed by atoms with Gasteiger partial charge in [-0.3, -0.25) is 0 Å². The van der Waals surface area contributed by atoms with E-state index >= 15 is 0 Å². The highest BCUT2D eigenvalue weighted by molar-refractivity contribution is 14.0. The topological polar surface area (TPSA) is 61.8 Å². The molecule has 136 valence electrons. The van der Waals surface area contributed by atoms with Gasteiger partial charge in [0, 0.05) is 39.0 Å². The second-order valence-corrected chi connectivity index (χ2v) is 5.54. The van der Waals surface area contributed by atoms with Crippen molar-refractivity contribution in [3.05, 3.63) is 23.9 Å². The lowest BCUT2D eigenvalue weighted by atomic mass is 10.2. The molecular weight excluding hydrogens is 417 g/mol. The molecule has 0 aromatic carbocycles. The monoisotopic (exact) mass is 447 g/mol. The fourth-order valence-corrected chi connectivity index (χ4v) is 2.58. The molecule has 0 radical (unpaired) electrons. The maximum atomic E-state index is 5.34. The molecule has 0 saturated carbocycles. The van der Waals surface area contributed by atoms with Crippen molar-refractivity contribution in [2.24, 2.45) is 4.99 Å². The predicted octanol–water partition coefficient (Wildman–Crippen LogP) is 2.39. The van der Waals surface area contributed by atoms with Crippen LogP contribution in [0.15, 0.2) is 23.3 Å². The van der Waals surface area contributed by atoms with Crippen LogP contribution in [0.3, 0.4) is 0 Å². The summed E-state index contributed by atoms with van der Waals surface area (Å²) in [4.78, 5) is 11.5. The molecule has 1 aliphatic rings. The first-order valence-electron chi connectivity index (χ1n) is 8.63. The van der Waals surface area contributed by atoms with Crippen LogP contribution in [0.4, 0.5) is 5.82 Å². The smallest absolute Gasteiger partial charge is 0.191 e. The van der Waals surface area contributed by atoms with Gasteiger partial charge in [-0.05, 0) is 44.4 Å². The molecule has 2 rings (SSSR count). The minimum Gasteiger partial charge on any atom is -0.380 e. The Morgan fingerprint density at radius 2 is 2.08 bits per heavy atom. The van der Waals surface area contributed by atoms with Gasteiger partial charge in [-0.15, -0.1) is 24.0 Å². The molecule has 1 aliphatic heterocycles. The zero-order chi connectivity index (χ0) is 16.3. The van der Waals surface area contributed by atoms with Gasteiger partial charge in [0.25, 0.3) is 0 Å². The minimum absolute atomic E-state index is 0. The first-order chi connectivity index (χ1) is 11.3. The van der Waals surface area contributed by atoms with Crippen LogP contribution in [-0.2, 0) is 11.3 Å². The Morgan fingerprint density at radius 3 is 2.79 bits per heavy atom. The Bertz CT molecular complexity index is 492. The van der Waals surface area contributed by atoms with Crippen LogP contribution < -0.4 is 15.5 Å². The molecule has 1 saturated heterocycles. The van der Waals surface area contributed by atoms with Gasteiger partial charge in [0.15, 0.2) is 5.96 Å². The second-order valence-electron chi connectivity index (χ2n) is 5.54. The third-order valence-corrected chi connectivity index (χ3v) is 3.75. The van der Waals surface area contributed by atoms with E-state index < -0.39 is 0 Å². The summed E-state index contributed by atoms with van der Waals surface area (Å²) in [6.45, 7) is 9.97. The lowest BCUT2D eigenvalue weighted by molar-refractivity contribution is 0.152. The van der Waals surface area contributed by atoms with Crippen molar-refractivity contribution in [3.8, 4) is 0 Å². The molecule has 0 aliphatic carbocycles. The van der Waals surface area contributed by atoms with E-state index in [1.165, 1.54) is 18.4 Å². The zero-order valence-electron chi connectivity index (χ0n) is 14.8. The number of halogens is 1. The van der Waals surface area contributed by atoms with Crippen molar-refractivity contribution >= 4 is 35.8 Å². The van der Waals surface area contributed by atoms with E-state index in [2.05, 4.69) is 38.5 Å². The number of ether oxygens (including phenoxy) is 1. The van der Waals surface area contributed by atoms with Gasteiger partial charge in [0.1, 0.15) is 5.82 Å². The number of aliphatic imine (C=N–C) groups is 1. The molecule has 2 heterocycles. The lowest BCUT2D eigenvalue weighted by Crippen LogP contribution is -2.39. The van der Waals surface area contributed by atoms with Crippen LogP contribution >= 0.6 is 24.0 Å². The van der Waals surface area contributed by atoms with Crippen molar-refractivity contribution < 1.29 is 4.74 Å². The number of anilines is 1. The van der Waals surface area contributed by atoms with E-state index in [4.69, 9.17) is 4.74 Å². The normalized spacial score (nSPS) is 14.4. The molecule has 7 heteroatoms. The number of nitrogens with zero attached hydrogens (tertiary/aromatic N) is 3. The number of nitrogens with one attached hydrogen (secondary N) is 2. The van der Waals surface area contributed by atoms with Gasteiger partial charge < -0.3 is 20.3 Å². The molecule has 1 fully saturated rings. The fraction of sp³-hybridized carbons (Fsp3) is 0.647. The van der Waals surface area contributed by atoms with Gasteiger partial charge in [-0.1, -0.05) is 0 Å². The molecule has 2 N–H and O–H groups in total. The van der Waals surface area contributed by atoms with Gasteiger partial charge in [-0.2, -0.15) is 0 Å². The Kier molecular flexibility index (Phi) is 10.7. The highest BCUT2D eigenvalue weighted by atomic mass is 127. The SMILES string of the molecule is CCNC(=NCc1ccnc(N2CCCC2)c1)NCCOCC.I. The van der Waals surface area contributed by atoms with Crippen LogP contribution in [0.2, 0.25) is 0 Å². The van der Waals surface area contributed by atoms with Crippen molar-refractivity contribution in [1.29, 1.82) is 0 Å². The van der Waals surface area contributed by atoms with Crippen molar-refractivity contribution in [2.45, 2.75) is 33.2 Å². The fourth-order valence-electron chi connectivity index (χ4n) is 2.58. The lowest BCUT2D eigenvalue weighted by Gasteiger charge is -2.16. The summed E-state index contributed by atoms with van der Waals surface area (Å²) in [6.07, 6.45) is 4.41. The first kappa shape index (κ1) is 21.0. The summed E-state index contributed by atoms with van der Waals surface area (Å²) in [5, 5.41) is 6.54. The third-order valence-electron chi connectivity index (χ3n) is 3.75. The van der Waals surface area contributed by atoms with Crippen LogP contribution in [0.25, 0.3) is 0 Å². The number of hydrogen-bond acceptors (Lipinski definition) is 4. The Balaban J connectivity index is 0.00000288. The van der Waals surface area contributed by atoms with Gasteiger partial charge >= 0.3 is 0 Å². The molecule has 1 aromatic rings. The number of aromatic nitrogens is 1. The standard InChI is InChI=1S/C17H29N5O.HI/c1-3-18-17(20-9-12-23-4-2)21-14-15-7-8-19-16(13-15)22-10-5-6-11-22;/h7-8,13H,3-6,9-12,14H2,1-2H3,(H2,18,20,21);1H. The van der Waals surface area contributed by atoms with E-state index in [1.807, 2.05) is 19.2 Å². The Morgan fingerprint density at radius 1 is 1.29 bits per heavy atom. The van der Waals surface area contributed by atoms with Crippen LogP contribution in [0, 0.1) is 0 Å². The number of pyridine rings is 1. The highest BCUT2D eigenvalue weighted by Gasteiger charge is 2.13. The van der Waals surface area contributed by atoms with Crippen LogP contribution in [0.1, 0.15) is 32.3 Å². The average Bonchev–Trinajstić information content (AvgIpc) is 3.11. The number of hydrogen-bond donors (Lipinski definition) is 2. The maximum absolute atomic E-state index is 5.34. The van der Waals surface area contributed by atoms with E-state index in [0.29, 0.717) is 13.2 Å². The Hall–Kier alpha value is -1.09. The minimum atomic E-state index is 0. The summed E-state index contributed by atoms with van der Waals surface area (Å²) >= 11 is 0. The first-order valence-corrected chi connectivity index (χ1v) is 8.63. The van der Waals surface area contributed by atoms with Crippen LogP contribution in [-0.4, -0.2) is 50.3 Å². The van der Waals surface area contributed by atoms with Crippen molar-refractivity contribution in [2.75, 3.05) is 44.3 Å². The second kappa shape index (κ2) is 12.3. The highest BCUT2D eigenvalue weighted by Crippen LogP contribution is 2.18. The molecule has 0 spiro atoms. The van der Waals surface area contributed by atoms with Crippen molar-refractivity contribution in [1.82, 2.24) is 15.6 Å². The predicted molar refractivity (Wildman–Crippen MR) is 110 cm³/mol. The summed E-state index contributed by atoms with van der Waals surface area (Å²) in [7, 11) is 0. The van der Waals surface area contributed by atoms with Crippen molar-refractivity contribution in [3.63, 3.8) is 0 Å². The molecule has 1 aromatic heterocycles. The third kappa shape index (κ3) is 7.21. The van der Waals surface area contributed by atoms with E-state index in [-0.39, 0.29) is 24.0 Å². The molecule has 0 atom stereocenters. The van der Waals surface area contributed by atoms with Gasteiger partial charge in [0.05, 0.1) is 13.2 Å². The van der Waals surface area contributed by atoms with E-state index in [9.17, 15) is 0 Å². The van der Waals surface area contributed by atoms with Gasteiger partial charge in [-0.25, -0.2) is 9.98 Å². The molecule has 0 amide bonds.